The zero-order valence-electron chi connectivity index (χ0n) is 12.6. The Morgan fingerprint density at radius 1 is 1.50 bits per heavy atom. The molecular weight excluding hydrogens is 290 g/mol. The predicted molar refractivity (Wildman–Crippen MR) is 74.5 cm³/mol. The maximum Gasteiger partial charge on any atom is 0.292 e. The standard InChI is InChI=1S/C14H19N3O5/c1-9-14(21-8-11(18)15-9)3-5-17(6-4-14)13(19)10-7-12(20-2)16-22-10/h7,9H,3-6,8H2,1-2H3,(H,15,18). The van der Waals surface area contributed by atoms with Crippen molar-refractivity contribution in [1.29, 1.82) is 0 Å². The summed E-state index contributed by atoms with van der Waals surface area (Å²) in [7, 11) is 1.47. The summed E-state index contributed by atoms with van der Waals surface area (Å²) >= 11 is 0. The molecule has 1 aromatic rings. The summed E-state index contributed by atoms with van der Waals surface area (Å²) in [5.41, 5.74) is -0.385. The predicted octanol–water partition coefficient (Wildman–Crippen LogP) is 0.193. The topological polar surface area (TPSA) is 93.9 Å². The van der Waals surface area contributed by atoms with E-state index in [9.17, 15) is 9.59 Å². The molecule has 8 heteroatoms. The van der Waals surface area contributed by atoms with Gasteiger partial charge in [-0.3, -0.25) is 9.59 Å². The molecule has 2 aliphatic rings. The molecule has 2 amide bonds. The number of rotatable bonds is 2. The summed E-state index contributed by atoms with van der Waals surface area (Å²) in [6.07, 6.45) is 1.34. The fourth-order valence-corrected chi connectivity index (χ4v) is 3.03. The van der Waals surface area contributed by atoms with Gasteiger partial charge in [-0.2, -0.15) is 0 Å². The Balaban J connectivity index is 1.64. The van der Waals surface area contributed by atoms with Crippen LogP contribution in [-0.4, -0.2) is 60.3 Å². The Morgan fingerprint density at radius 2 is 2.23 bits per heavy atom. The lowest BCUT2D eigenvalue weighted by Gasteiger charge is -2.47. The number of ether oxygens (including phenoxy) is 2. The summed E-state index contributed by atoms with van der Waals surface area (Å²) in [6, 6.07) is 1.42. The molecule has 3 rings (SSSR count). The van der Waals surface area contributed by atoms with Crippen LogP contribution in [0.1, 0.15) is 30.3 Å². The number of methoxy groups -OCH3 is 1. The molecule has 22 heavy (non-hydrogen) atoms. The third kappa shape index (κ3) is 2.54. The molecule has 120 valence electrons. The molecule has 0 aliphatic carbocycles. The minimum absolute atomic E-state index is 0.0589. The number of hydrogen-bond acceptors (Lipinski definition) is 6. The largest absolute Gasteiger partial charge is 0.479 e. The number of carbonyl (C=O) groups is 2. The first-order chi connectivity index (χ1) is 10.5. The summed E-state index contributed by atoms with van der Waals surface area (Å²) in [6.45, 7) is 3.11. The van der Waals surface area contributed by atoms with Gasteiger partial charge in [0.25, 0.3) is 11.8 Å². The van der Waals surface area contributed by atoms with E-state index in [1.54, 1.807) is 4.90 Å². The summed E-state index contributed by atoms with van der Waals surface area (Å²) in [5, 5.41) is 6.55. The molecule has 1 aromatic heterocycles. The average molecular weight is 309 g/mol. The van der Waals surface area contributed by atoms with Crippen LogP contribution in [0.25, 0.3) is 0 Å². The molecule has 0 saturated carbocycles. The van der Waals surface area contributed by atoms with Crippen LogP contribution < -0.4 is 10.1 Å². The van der Waals surface area contributed by atoms with Crippen LogP contribution >= 0.6 is 0 Å². The van der Waals surface area contributed by atoms with Gasteiger partial charge >= 0.3 is 0 Å². The fraction of sp³-hybridized carbons (Fsp3) is 0.643. The third-order valence-corrected chi connectivity index (χ3v) is 4.46. The van der Waals surface area contributed by atoms with Crippen molar-refractivity contribution in [2.45, 2.75) is 31.4 Å². The van der Waals surface area contributed by atoms with Crippen molar-refractivity contribution in [3.63, 3.8) is 0 Å². The van der Waals surface area contributed by atoms with Crippen LogP contribution in [0.2, 0.25) is 0 Å². The SMILES string of the molecule is COc1cc(C(=O)N2CCC3(CC2)OCC(=O)NC3C)on1. The molecule has 1 unspecified atom stereocenters. The molecule has 0 radical (unpaired) electrons. The van der Waals surface area contributed by atoms with Crippen molar-refractivity contribution in [2.24, 2.45) is 0 Å². The highest BCUT2D eigenvalue weighted by molar-refractivity contribution is 5.91. The first-order valence-corrected chi connectivity index (χ1v) is 7.27. The van der Waals surface area contributed by atoms with Crippen molar-refractivity contribution in [2.75, 3.05) is 26.8 Å². The van der Waals surface area contributed by atoms with E-state index in [1.807, 2.05) is 6.92 Å². The van der Waals surface area contributed by atoms with Crippen LogP contribution in [0.4, 0.5) is 0 Å². The van der Waals surface area contributed by atoms with Crippen molar-refractivity contribution >= 4 is 11.8 Å². The van der Waals surface area contributed by atoms with Crippen molar-refractivity contribution in [3.8, 4) is 5.88 Å². The Labute approximate surface area is 127 Å². The van der Waals surface area contributed by atoms with Crippen molar-refractivity contribution in [1.82, 2.24) is 15.4 Å². The smallest absolute Gasteiger partial charge is 0.292 e. The van der Waals surface area contributed by atoms with Gasteiger partial charge in [0.2, 0.25) is 11.7 Å². The Kier molecular flexibility index (Phi) is 3.78. The summed E-state index contributed by atoms with van der Waals surface area (Å²) in [4.78, 5) is 25.4. The van der Waals surface area contributed by atoms with Crippen LogP contribution in [0.5, 0.6) is 5.88 Å². The highest BCUT2D eigenvalue weighted by Gasteiger charge is 2.45. The molecular formula is C14H19N3O5. The molecule has 8 nitrogen and oxygen atoms in total. The minimum Gasteiger partial charge on any atom is -0.479 e. The number of aromatic nitrogens is 1. The van der Waals surface area contributed by atoms with E-state index < -0.39 is 0 Å². The summed E-state index contributed by atoms with van der Waals surface area (Å²) < 4.78 is 15.7. The van der Waals surface area contributed by atoms with Gasteiger partial charge in [0.1, 0.15) is 6.61 Å². The quantitative estimate of drug-likeness (QED) is 0.838. The van der Waals surface area contributed by atoms with Gasteiger partial charge in [-0.1, -0.05) is 0 Å². The molecule has 0 bridgehead atoms. The second-order valence-corrected chi connectivity index (χ2v) is 5.67. The van der Waals surface area contributed by atoms with Gasteiger partial charge in [-0.05, 0) is 24.9 Å². The first kappa shape index (κ1) is 14.8. The average Bonchev–Trinajstić information content (AvgIpc) is 3.01. The van der Waals surface area contributed by atoms with E-state index in [0.29, 0.717) is 25.9 Å². The number of amides is 2. The highest BCUT2D eigenvalue weighted by atomic mass is 16.5. The van der Waals surface area contributed by atoms with E-state index >= 15 is 0 Å². The fourth-order valence-electron chi connectivity index (χ4n) is 3.03. The van der Waals surface area contributed by atoms with Gasteiger partial charge in [0.05, 0.1) is 24.8 Å². The molecule has 1 N–H and O–H groups in total. The lowest BCUT2D eigenvalue weighted by molar-refractivity contribution is -0.158. The monoisotopic (exact) mass is 309 g/mol. The normalized spacial score (nSPS) is 24.2. The Bertz CT molecular complexity index is 577. The van der Waals surface area contributed by atoms with Crippen LogP contribution in [0, 0.1) is 0 Å². The maximum atomic E-state index is 12.4. The number of morpholine rings is 1. The highest BCUT2D eigenvalue weighted by Crippen LogP contribution is 2.32. The maximum absolute atomic E-state index is 12.4. The van der Waals surface area contributed by atoms with Crippen LogP contribution in [-0.2, 0) is 9.53 Å². The lowest BCUT2D eigenvalue weighted by Crippen LogP contribution is -2.63. The van der Waals surface area contributed by atoms with Crippen molar-refractivity contribution < 1.29 is 23.6 Å². The van der Waals surface area contributed by atoms with E-state index in [4.69, 9.17) is 14.0 Å². The molecule has 3 heterocycles. The molecule has 2 fully saturated rings. The molecule has 1 atom stereocenters. The van der Waals surface area contributed by atoms with E-state index in [1.165, 1.54) is 13.2 Å². The molecule has 2 aliphatic heterocycles. The van der Waals surface area contributed by atoms with E-state index in [2.05, 4.69) is 10.5 Å². The first-order valence-electron chi connectivity index (χ1n) is 7.27. The molecule has 0 aromatic carbocycles. The Morgan fingerprint density at radius 3 is 2.82 bits per heavy atom. The zero-order valence-corrected chi connectivity index (χ0v) is 12.6. The van der Waals surface area contributed by atoms with Gasteiger partial charge in [0.15, 0.2) is 0 Å². The van der Waals surface area contributed by atoms with Gasteiger partial charge in [-0.25, -0.2) is 0 Å². The number of piperidine rings is 1. The second kappa shape index (κ2) is 5.60. The van der Waals surface area contributed by atoms with E-state index in [-0.39, 0.29) is 41.7 Å². The Hall–Kier alpha value is -2.09. The number of likely N-dealkylation sites (tertiary alicyclic amines) is 1. The molecule has 2 saturated heterocycles. The van der Waals surface area contributed by atoms with Crippen LogP contribution in [0.3, 0.4) is 0 Å². The van der Waals surface area contributed by atoms with Gasteiger partial charge in [-0.15, -0.1) is 0 Å². The van der Waals surface area contributed by atoms with Gasteiger partial charge in [0, 0.05) is 13.1 Å². The number of nitrogens with zero attached hydrogens (tertiary/aromatic N) is 2. The number of hydrogen-bond donors (Lipinski definition) is 1. The number of carbonyl (C=O) groups excluding carboxylic acids is 2. The number of nitrogens with one attached hydrogen (secondary N) is 1. The van der Waals surface area contributed by atoms with Gasteiger partial charge < -0.3 is 24.2 Å². The second-order valence-electron chi connectivity index (χ2n) is 5.67. The molecule has 1 spiro atoms. The zero-order chi connectivity index (χ0) is 15.7. The minimum atomic E-state index is -0.385. The lowest BCUT2D eigenvalue weighted by atomic mass is 9.83. The summed E-state index contributed by atoms with van der Waals surface area (Å²) in [5.74, 6) is 0.144. The van der Waals surface area contributed by atoms with E-state index in [0.717, 1.165) is 0 Å². The third-order valence-electron chi connectivity index (χ3n) is 4.46. The van der Waals surface area contributed by atoms with Crippen molar-refractivity contribution in [3.05, 3.63) is 11.8 Å². The van der Waals surface area contributed by atoms with Crippen LogP contribution in [0.15, 0.2) is 10.6 Å².